The van der Waals surface area contributed by atoms with Gasteiger partial charge in [0.25, 0.3) is 0 Å². The number of nitriles is 1. The Labute approximate surface area is 208 Å². The highest BCUT2D eigenvalue weighted by Gasteiger charge is 2.24. The molecule has 0 bridgehead atoms. The van der Waals surface area contributed by atoms with Gasteiger partial charge in [-0.3, -0.25) is 0 Å². The van der Waals surface area contributed by atoms with Gasteiger partial charge in [0, 0.05) is 22.2 Å². The van der Waals surface area contributed by atoms with E-state index in [1.165, 1.54) is 5.56 Å². The number of hydrogen-bond acceptors (Lipinski definition) is 5. The van der Waals surface area contributed by atoms with Gasteiger partial charge in [0.2, 0.25) is 0 Å². The molecule has 0 spiro atoms. The Morgan fingerprint density at radius 1 is 1.06 bits per heavy atom. The number of aromatic nitrogens is 2. The first-order valence-corrected chi connectivity index (χ1v) is 11.6. The van der Waals surface area contributed by atoms with Crippen LogP contribution in [0, 0.1) is 18.3 Å². The van der Waals surface area contributed by atoms with E-state index >= 15 is 0 Å². The maximum Gasteiger partial charge on any atom is 0.188 e. The molecule has 0 aliphatic rings. The summed E-state index contributed by atoms with van der Waals surface area (Å²) in [6.45, 7) is 14.6. The number of benzene rings is 2. The smallest absolute Gasteiger partial charge is 0.188 e. The lowest BCUT2D eigenvalue weighted by Gasteiger charge is -2.22. The molecule has 0 saturated carbocycles. The van der Waals surface area contributed by atoms with Gasteiger partial charge in [-0.1, -0.05) is 93.6 Å². The molecule has 1 heterocycles. The Balaban J connectivity index is 2.12. The van der Waals surface area contributed by atoms with Crippen molar-refractivity contribution in [3.63, 3.8) is 0 Å². The normalized spacial score (nSPS) is 11.8. The molecule has 2 aromatic carbocycles. The van der Waals surface area contributed by atoms with Gasteiger partial charge in [-0.2, -0.15) is 5.26 Å². The maximum atomic E-state index is 9.20. The summed E-state index contributed by atoms with van der Waals surface area (Å²) in [7, 11) is 0. The van der Waals surface area contributed by atoms with Crippen molar-refractivity contribution in [3.05, 3.63) is 108 Å². The largest absolute Gasteiger partial charge is 0.483 e. The number of ether oxygens (including phenoxy) is 1. The van der Waals surface area contributed by atoms with Crippen molar-refractivity contribution in [3.8, 4) is 23.1 Å². The van der Waals surface area contributed by atoms with Crippen LogP contribution in [-0.4, -0.2) is 9.97 Å². The highest BCUT2D eigenvalue weighted by Crippen LogP contribution is 2.37. The SMILES string of the molecule is C=C(/C=C\C(C#N)=C/C)Nc1nc(C(C)(C)C)nc(-c2ccc(C)cc2)c1OCc1ccccc1. The first-order valence-electron chi connectivity index (χ1n) is 11.6. The molecule has 5 heteroatoms. The monoisotopic (exact) mass is 464 g/mol. The Hall–Kier alpha value is -4.17. The molecule has 0 amide bonds. The Morgan fingerprint density at radius 3 is 2.34 bits per heavy atom. The van der Waals surface area contributed by atoms with Crippen LogP contribution in [0.25, 0.3) is 11.3 Å². The van der Waals surface area contributed by atoms with Gasteiger partial charge in [0.1, 0.15) is 18.1 Å². The minimum atomic E-state index is -0.288. The third-order valence-corrected chi connectivity index (χ3v) is 5.27. The quantitative estimate of drug-likeness (QED) is 0.280. The van der Waals surface area contributed by atoms with Gasteiger partial charge in [0.15, 0.2) is 11.6 Å². The van der Waals surface area contributed by atoms with Crippen molar-refractivity contribution < 1.29 is 4.74 Å². The molecule has 0 aliphatic carbocycles. The Bertz CT molecular complexity index is 1270. The number of aryl methyl sites for hydroxylation is 1. The third-order valence-electron chi connectivity index (χ3n) is 5.27. The molecule has 0 unspecified atom stereocenters. The second-order valence-corrected chi connectivity index (χ2v) is 9.30. The predicted molar refractivity (Wildman–Crippen MR) is 143 cm³/mol. The van der Waals surface area contributed by atoms with Crippen LogP contribution in [0.4, 0.5) is 5.82 Å². The fourth-order valence-electron chi connectivity index (χ4n) is 3.23. The summed E-state index contributed by atoms with van der Waals surface area (Å²) in [6.07, 6.45) is 5.21. The molecule has 1 N–H and O–H groups in total. The molecular weight excluding hydrogens is 432 g/mol. The molecule has 0 radical (unpaired) electrons. The van der Waals surface area contributed by atoms with Gasteiger partial charge in [0.05, 0.1) is 6.07 Å². The van der Waals surface area contributed by atoms with Crippen LogP contribution in [0.2, 0.25) is 0 Å². The number of rotatable bonds is 8. The highest BCUT2D eigenvalue weighted by molar-refractivity contribution is 5.74. The molecular formula is C30H32N4O. The molecule has 178 valence electrons. The Morgan fingerprint density at radius 2 is 1.74 bits per heavy atom. The van der Waals surface area contributed by atoms with Crippen LogP contribution in [-0.2, 0) is 12.0 Å². The summed E-state index contributed by atoms with van der Waals surface area (Å²) in [5, 5.41) is 12.5. The molecule has 35 heavy (non-hydrogen) atoms. The summed E-state index contributed by atoms with van der Waals surface area (Å²) in [5.41, 5.74) is 4.70. The summed E-state index contributed by atoms with van der Waals surface area (Å²) in [6, 6.07) is 20.3. The van der Waals surface area contributed by atoms with Gasteiger partial charge in [-0.05, 0) is 31.6 Å². The van der Waals surface area contributed by atoms with E-state index in [1.807, 2.05) is 49.4 Å². The van der Waals surface area contributed by atoms with Gasteiger partial charge in [-0.15, -0.1) is 0 Å². The lowest BCUT2D eigenvalue weighted by atomic mass is 9.95. The molecule has 0 saturated heterocycles. The lowest BCUT2D eigenvalue weighted by Crippen LogP contribution is -2.19. The molecule has 3 rings (SSSR count). The number of nitrogens with one attached hydrogen (secondary N) is 1. The first kappa shape index (κ1) is 25.5. The molecule has 1 aromatic heterocycles. The first-order chi connectivity index (χ1) is 16.7. The van der Waals surface area contributed by atoms with Crippen LogP contribution >= 0.6 is 0 Å². The average molecular weight is 465 g/mol. The highest BCUT2D eigenvalue weighted by atomic mass is 16.5. The molecule has 0 aliphatic heterocycles. The summed E-state index contributed by atoms with van der Waals surface area (Å²) < 4.78 is 6.36. The zero-order valence-electron chi connectivity index (χ0n) is 21.1. The molecule has 5 nitrogen and oxygen atoms in total. The molecule has 0 atom stereocenters. The second kappa shape index (κ2) is 11.3. The minimum Gasteiger partial charge on any atom is -0.483 e. The van der Waals surface area contributed by atoms with E-state index in [0.717, 1.165) is 11.1 Å². The summed E-state index contributed by atoms with van der Waals surface area (Å²) >= 11 is 0. The predicted octanol–water partition coefficient (Wildman–Crippen LogP) is 7.28. The fourth-order valence-corrected chi connectivity index (χ4v) is 3.23. The van der Waals surface area contributed by atoms with E-state index in [9.17, 15) is 5.26 Å². The summed E-state index contributed by atoms with van der Waals surface area (Å²) in [4.78, 5) is 9.79. The van der Waals surface area contributed by atoms with Gasteiger partial charge < -0.3 is 10.1 Å². The third kappa shape index (κ3) is 6.91. The second-order valence-electron chi connectivity index (χ2n) is 9.30. The van der Waals surface area contributed by atoms with Crippen molar-refractivity contribution in [2.45, 2.75) is 46.6 Å². The van der Waals surface area contributed by atoms with Crippen molar-refractivity contribution in [1.82, 2.24) is 9.97 Å². The van der Waals surface area contributed by atoms with E-state index < -0.39 is 0 Å². The van der Waals surface area contributed by atoms with Crippen molar-refractivity contribution >= 4 is 5.82 Å². The number of anilines is 1. The summed E-state index contributed by atoms with van der Waals surface area (Å²) in [5.74, 6) is 1.77. The van der Waals surface area contributed by atoms with Crippen LogP contribution in [0.1, 0.15) is 44.6 Å². The molecule has 0 fully saturated rings. The van der Waals surface area contributed by atoms with Crippen LogP contribution in [0.15, 0.2) is 90.7 Å². The topological polar surface area (TPSA) is 70.8 Å². The van der Waals surface area contributed by atoms with Crippen LogP contribution in [0.3, 0.4) is 0 Å². The van der Waals surface area contributed by atoms with Crippen LogP contribution in [0.5, 0.6) is 5.75 Å². The van der Waals surface area contributed by atoms with E-state index in [2.05, 4.69) is 57.8 Å². The lowest BCUT2D eigenvalue weighted by molar-refractivity contribution is 0.306. The van der Waals surface area contributed by atoms with E-state index in [1.54, 1.807) is 18.2 Å². The van der Waals surface area contributed by atoms with Crippen LogP contribution < -0.4 is 10.1 Å². The Kier molecular flexibility index (Phi) is 8.22. The standard InChI is InChI=1S/C30H32N4O/c1-7-23(19-31)16-15-22(3)32-28-27(35-20-24-11-9-8-10-12-24)26(25-17-13-21(2)14-18-25)33-29(34-28)30(4,5)6/h7-18H,3,20H2,1-2,4-6H3,(H,32,33,34)/b16-15-,23-7+. The molecule has 3 aromatic rings. The number of nitrogens with zero attached hydrogens (tertiary/aromatic N) is 3. The van der Waals surface area contributed by atoms with E-state index in [4.69, 9.17) is 14.7 Å². The van der Waals surface area contributed by atoms with Crippen molar-refractivity contribution in [1.29, 1.82) is 5.26 Å². The van der Waals surface area contributed by atoms with Gasteiger partial charge >= 0.3 is 0 Å². The van der Waals surface area contributed by atoms with E-state index in [0.29, 0.717) is 41.0 Å². The fraction of sp³-hybridized carbons (Fsp3) is 0.233. The average Bonchev–Trinajstić information content (AvgIpc) is 2.84. The van der Waals surface area contributed by atoms with E-state index in [-0.39, 0.29) is 5.41 Å². The van der Waals surface area contributed by atoms with Crippen molar-refractivity contribution in [2.75, 3.05) is 5.32 Å². The number of allylic oxidation sites excluding steroid dienone is 4. The number of hydrogen-bond donors (Lipinski definition) is 1. The maximum absolute atomic E-state index is 9.20. The zero-order chi connectivity index (χ0) is 25.4. The van der Waals surface area contributed by atoms with Crippen molar-refractivity contribution in [2.24, 2.45) is 0 Å². The minimum absolute atomic E-state index is 0.288. The van der Waals surface area contributed by atoms with Gasteiger partial charge in [-0.25, -0.2) is 9.97 Å². The zero-order valence-corrected chi connectivity index (χ0v) is 21.1.